The highest BCUT2D eigenvalue weighted by Crippen LogP contribution is 2.35. The number of amides is 1. The fourth-order valence-electron chi connectivity index (χ4n) is 3.53. The Balaban J connectivity index is 1.48. The van der Waals surface area contributed by atoms with E-state index in [-0.39, 0.29) is 19.2 Å². The Kier molecular flexibility index (Phi) is 6.27. The Bertz CT molecular complexity index is 1270. The molecule has 3 aromatic rings. The summed E-state index contributed by atoms with van der Waals surface area (Å²) in [5.41, 5.74) is -1.61. The number of hydrogen-bond donors (Lipinski definition) is 1. The van der Waals surface area contributed by atoms with Gasteiger partial charge in [-0.3, -0.25) is 4.79 Å². The minimum atomic E-state index is -1.79. The highest BCUT2D eigenvalue weighted by molar-refractivity contribution is 5.96. The number of ether oxygens (including phenoxy) is 2. The van der Waals surface area contributed by atoms with Crippen LogP contribution in [0.25, 0.3) is 11.3 Å². The number of nitrogens with zero attached hydrogens (tertiary/aromatic N) is 4. The number of nitriles is 1. The van der Waals surface area contributed by atoms with Crippen LogP contribution in [-0.4, -0.2) is 52.4 Å². The minimum Gasteiger partial charge on any atom is -0.503 e. The topological polar surface area (TPSA) is 122 Å². The quantitative estimate of drug-likeness (QED) is 0.559. The van der Waals surface area contributed by atoms with Crippen molar-refractivity contribution in [2.75, 3.05) is 20.2 Å². The van der Waals surface area contributed by atoms with E-state index in [1.807, 2.05) is 0 Å². The maximum Gasteiger partial charge on any atom is 0.277 e. The van der Waals surface area contributed by atoms with Gasteiger partial charge in [-0.05, 0) is 12.1 Å². The second-order valence-corrected chi connectivity index (χ2v) is 7.38. The average molecular weight is 474 g/mol. The number of likely N-dealkylation sites (tertiary alicyclic amines) is 1. The second-order valence-electron chi connectivity index (χ2n) is 7.38. The van der Waals surface area contributed by atoms with Crippen LogP contribution >= 0.6 is 0 Å². The predicted molar refractivity (Wildman–Crippen MR) is 109 cm³/mol. The van der Waals surface area contributed by atoms with Gasteiger partial charge in [0.2, 0.25) is 11.7 Å². The lowest BCUT2D eigenvalue weighted by Gasteiger charge is -2.31. The van der Waals surface area contributed by atoms with E-state index in [1.54, 1.807) is 18.2 Å². The Morgan fingerprint density at radius 3 is 2.62 bits per heavy atom. The molecule has 1 aliphatic rings. The Labute approximate surface area is 190 Å². The summed E-state index contributed by atoms with van der Waals surface area (Å²) in [6.45, 7) is 0.542. The van der Waals surface area contributed by atoms with Gasteiger partial charge in [-0.25, -0.2) is 13.8 Å². The number of phenols is 1. The zero-order valence-corrected chi connectivity index (χ0v) is 17.7. The Morgan fingerprint density at radius 2 is 2.00 bits per heavy atom. The van der Waals surface area contributed by atoms with Crippen LogP contribution in [0.4, 0.5) is 13.2 Å². The smallest absolute Gasteiger partial charge is 0.277 e. The number of halogens is 3. The summed E-state index contributed by atoms with van der Waals surface area (Å²) < 4.78 is 57.2. The van der Waals surface area contributed by atoms with E-state index >= 15 is 0 Å². The van der Waals surface area contributed by atoms with Crippen molar-refractivity contribution < 1.29 is 37.1 Å². The molecular weight excluding hydrogens is 457 g/mol. The summed E-state index contributed by atoms with van der Waals surface area (Å²) in [6, 6.07) is 5.47. The second kappa shape index (κ2) is 9.30. The van der Waals surface area contributed by atoms with Gasteiger partial charge in [0, 0.05) is 32.0 Å². The standard InChI is InChI=1S/C22H17F3N4O5/c1-32-12-2-3-16(27-10-12)33-11-4-6-29(7-5-11)22(31)19-14(9-26)21(34-28-19)13-8-15(23)18(25)20(30)17(13)24/h2-3,8,10-11,30H,4-7H2,1H3. The molecule has 34 heavy (non-hydrogen) atoms. The van der Waals surface area contributed by atoms with Gasteiger partial charge in [-0.2, -0.15) is 9.65 Å². The molecule has 2 aromatic heterocycles. The molecule has 1 N–H and O–H groups in total. The summed E-state index contributed by atoms with van der Waals surface area (Å²) in [7, 11) is 1.53. The van der Waals surface area contributed by atoms with Crippen LogP contribution in [0.1, 0.15) is 28.9 Å². The van der Waals surface area contributed by atoms with E-state index < -0.39 is 51.7 Å². The first-order chi connectivity index (χ1) is 16.3. The molecule has 0 radical (unpaired) electrons. The van der Waals surface area contributed by atoms with Gasteiger partial charge < -0.3 is 24.0 Å². The van der Waals surface area contributed by atoms with Crippen LogP contribution in [0.5, 0.6) is 17.4 Å². The maximum atomic E-state index is 14.3. The van der Waals surface area contributed by atoms with E-state index in [0.717, 1.165) is 0 Å². The van der Waals surface area contributed by atoms with Crippen LogP contribution in [0.2, 0.25) is 0 Å². The molecule has 4 rings (SSSR count). The number of pyridine rings is 1. The third kappa shape index (κ3) is 4.19. The van der Waals surface area contributed by atoms with Crippen molar-refractivity contribution in [3.05, 3.63) is 53.1 Å². The first-order valence-electron chi connectivity index (χ1n) is 10.1. The van der Waals surface area contributed by atoms with Gasteiger partial charge in [0.15, 0.2) is 28.8 Å². The van der Waals surface area contributed by atoms with E-state index in [2.05, 4.69) is 10.1 Å². The number of aromatic hydroxyl groups is 1. The van der Waals surface area contributed by atoms with Gasteiger partial charge >= 0.3 is 0 Å². The molecule has 0 aliphatic carbocycles. The summed E-state index contributed by atoms with van der Waals surface area (Å²) in [4.78, 5) is 18.5. The van der Waals surface area contributed by atoms with Crippen LogP contribution in [-0.2, 0) is 0 Å². The molecule has 12 heteroatoms. The van der Waals surface area contributed by atoms with Crippen molar-refractivity contribution >= 4 is 5.91 Å². The molecule has 0 saturated carbocycles. The van der Waals surface area contributed by atoms with Gasteiger partial charge in [0.05, 0.1) is 18.9 Å². The van der Waals surface area contributed by atoms with Crippen molar-refractivity contribution in [3.63, 3.8) is 0 Å². The fourth-order valence-corrected chi connectivity index (χ4v) is 3.53. The lowest BCUT2D eigenvalue weighted by Crippen LogP contribution is -2.42. The van der Waals surface area contributed by atoms with E-state index in [1.165, 1.54) is 18.2 Å². The van der Waals surface area contributed by atoms with Crippen molar-refractivity contribution in [2.45, 2.75) is 18.9 Å². The monoisotopic (exact) mass is 474 g/mol. The number of carbonyl (C=O) groups is 1. The SMILES string of the molecule is COc1ccc(OC2CCN(C(=O)c3noc(-c4cc(F)c(F)c(O)c4F)c3C#N)CC2)nc1. The number of rotatable bonds is 5. The predicted octanol–water partition coefficient (Wildman–Crippen LogP) is 3.42. The summed E-state index contributed by atoms with van der Waals surface area (Å²) in [6.07, 6.45) is 2.26. The third-order valence-electron chi connectivity index (χ3n) is 5.35. The number of phenolic OH excluding ortho intramolecular Hbond substituents is 1. The molecule has 3 heterocycles. The number of aromatic nitrogens is 2. The number of piperidine rings is 1. The van der Waals surface area contributed by atoms with E-state index in [4.69, 9.17) is 14.0 Å². The molecular formula is C22H17F3N4O5. The van der Waals surface area contributed by atoms with Gasteiger partial charge in [0.1, 0.15) is 23.5 Å². The number of methoxy groups -OCH3 is 1. The first kappa shape index (κ1) is 22.9. The minimum absolute atomic E-state index is 0.201. The molecule has 9 nitrogen and oxygen atoms in total. The molecule has 0 atom stereocenters. The van der Waals surface area contributed by atoms with Crippen molar-refractivity contribution in [2.24, 2.45) is 0 Å². The molecule has 1 saturated heterocycles. The zero-order chi connectivity index (χ0) is 24.4. The van der Waals surface area contributed by atoms with E-state index in [9.17, 15) is 28.3 Å². The summed E-state index contributed by atoms with van der Waals surface area (Å²) in [5.74, 6) is -6.71. The number of carbonyl (C=O) groups excluding carboxylic acids is 1. The molecule has 176 valence electrons. The summed E-state index contributed by atoms with van der Waals surface area (Å²) >= 11 is 0. The zero-order valence-electron chi connectivity index (χ0n) is 17.7. The highest BCUT2D eigenvalue weighted by Gasteiger charge is 2.32. The number of benzene rings is 1. The van der Waals surface area contributed by atoms with Crippen molar-refractivity contribution in [1.29, 1.82) is 5.26 Å². The van der Waals surface area contributed by atoms with Crippen LogP contribution in [0.15, 0.2) is 28.9 Å². The maximum absolute atomic E-state index is 14.3. The summed E-state index contributed by atoms with van der Waals surface area (Å²) in [5, 5.41) is 22.5. The van der Waals surface area contributed by atoms with Crippen LogP contribution in [0.3, 0.4) is 0 Å². The Morgan fingerprint density at radius 1 is 1.26 bits per heavy atom. The van der Waals surface area contributed by atoms with Crippen molar-refractivity contribution in [1.82, 2.24) is 15.0 Å². The molecule has 1 fully saturated rings. The lowest BCUT2D eigenvalue weighted by atomic mass is 10.0. The van der Waals surface area contributed by atoms with Gasteiger partial charge in [0.25, 0.3) is 5.91 Å². The van der Waals surface area contributed by atoms with Crippen molar-refractivity contribution in [3.8, 4) is 34.8 Å². The third-order valence-corrected chi connectivity index (χ3v) is 5.35. The van der Waals surface area contributed by atoms with E-state index in [0.29, 0.717) is 30.5 Å². The van der Waals surface area contributed by atoms with Crippen LogP contribution in [0, 0.1) is 28.8 Å². The Hall–Kier alpha value is -4.27. The lowest BCUT2D eigenvalue weighted by molar-refractivity contribution is 0.0578. The normalized spacial score (nSPS) is 14.0. The fraction of sp³-hybridized carbons (Fsp3) is 0.273. The molecule has 0 spiro atoms. The largest absolute Gasteiger partial charge is 0.503 e. The molecule has 1 amide bonds. The van der Waals surface area contributed by atoms with Crippen LogP contribution < -0.4 is 9.47 Å². The molecule has 1 aliphatic heterocycles. The highest BCUT2D eigenvalue weighted by atomic mass is 19.2. The first-order valence-corrected chi connectivity index (χ1v) is 10.1. The molecule has 1 aromatic carbocycles. The molecule has 0 bridgehead atoms. The van der Waals surface area contributed by atoms with Gasteiger partial charge in [-0.1, -0.05) is 5.16 Å². The van der Waals surface area contributed by atoms with Gasteiger partial charge in [-0.15, -0.1) is 0 Å². The number of hydrogen-bond acceptors (Lipinski definition) is 8. The average Bonchev–Trinajstić information content (AvgIpc) is 3.29. The molecule has 0 unspecified atom stereocenters.